The van der Waals surface area contributed by atoms with E-state index >= 15 is 0 Å². The molecule has 0 atom stereocenters. The zero-order valence-electron chi connectivity index (χ0n) is 15.2. The Labute approximate surface area is 144 Å². The van der Waals surface area contributed by atoms with Gasteiger partial charge in [0.05, 0.1) is 13.5 Å². The molecular formula is C19H28N2O3. The van der Waals surface area contributed by atoms with E-state index in [4.69, 9.17) is 4.74 Å². The van der Waals surface area contributed by atoms with Gasteiger partial charge in [0, 0.05) is 32.6 Å². The molecule has 0 radical (unpaired) electrons. The Morgan fingerprint density at radius 3 is 2.21 bits per heavy atom. The fourth-order valence-electron chi connectivity index (χ4n) is 3.17. The lowest BCUT2D eigenvalue weighted by Gasteiger charge is -2.22. The maximum atomic E-state index is 12.7. The number of ether oxygens (including phenoxy) is 1. The number of hydrogen-bond acceptors (Lipinski definition) is 3. The van der Waals surface area contributed by atoms with E-state index in [9.17, 15) is 9.59 Å². The molecule has 1 aliphatic heterocycles. The number of rotatable bonds is 4. The Kier molecular flexibility index (Phi) is 6.23. The topological polar surface area (TPSA) is 49.9 Å². The van der Waals surface area contributed by atoms with Gasteiger partial charge in [0.2, 0.25) is 11.8 Å². The van der Waals surface area contributed by atoms with Crippen LogP contribution in [0.2, 0.25) is 0 Å². The van der Waals surface area contributed by atoms with Gasteiger partial charge in [0.1, 0.15) is 5.75 Å². The third kappa shape index (κ3) is 4.28. The molecule has 0 aliphatic carbocycles. The van der Waals surface area contributed by atoms with Gasteiger partial charge in [0.25, 0.3) is 0 Å². The zero-order chi connectivity index (χ0) is 17.7. The molecule has 2 amide bonds. The third-order valence-corrected chi connectivity index (χ3v) is 4.70. The maximum Gasteiger partial charge on any atom is 0.227 e. The highest BCUT2D eigenvalue weighted by atomic mass is 16.5. The first kappa shape index (κ1) is 18.3. The predicted octanol–water partition coefficient (Wildman–Crippen LogP) is 2.33. The summed E-state index contributed by atoms with van der Waals surface area (Å²) in [5, 5.41) is 0. The average molecular weight is 332 g/mol. The Morgan fingerprint density at radius 2 is 1.62 bits per heavy atom. The number of benzene rings is 1. The van der Waals surface area contributed by atoms with E-state index in [-0.39, 0.29) is 11.8 Å². The summed E-state index contributed by atoms with van der Waals surface area (Å²) in [7, 11) is 1.66. The van der Waals surface area contributed by atoms with E-state index in [0.717, 1.165) is 42.0 Å². The maximum absolute atomic E-state index is 12.7. The number of carbonyl (C=O) groups excluding carboxylic acids is 2. The summed E-state index contributed by atoms with van der Waals surface area (Å²) in [6.45, 7) is 8.61. The van der Waals surface area contributed by atoms with Gasteiger partial charge in [0.15, 0.2) is 0 Å². The van der Waals surface area contributed by atoms with Crippen LogP contribution in [0.3, 0.4) is 0 Å². The molecule has 132 valence electrons. The van der Waals surface area contributed by atoms with Gasteiger partial charge < -0.3 is 14.5 Å². The molecule has 0 saturated carbocycles. The van der Waals surface area contributed by atoms with Crippen molar-refractivity contribution in [2.45, 2.75) is 40.0 Å². The molecule has 1 aliphatic rings. The largest absolute Gasteiger partial charge is 0.496 e. The molecule has 1 fully saturated rings. The predicted molar refractivity (Wildman–Crippen MR) is 94.2 cm³/mol. The van der Waals surface area contributed by atoms with Crippen LogP contribution in [0.1, 0.15) is 36.5 Å². The molecule has 24 heavy (non-hydrogen) atoms. The lowest BCUT2D eigenvalue weighted by atomic mass is 10.0. The highest BCUT2D eigenvalue weighted by molar-refractivity contribution is 5.80. The molecule has 1 aromatic rings. The van der Waals surface area contributed by atoms with Crippen LogP contribution in [-0.2, 0) is 16.0 Å². The van der Waals surface area contributed by atoms with Crippen LogP contribution in [0.25, 0.3) is 0 Å². The van der Waals surface area contributed by atoms with Gasteiger partial charge in [-0.05, 0) is 43.0 Å². The van der Waals surface area contributed by atoms with Gasteiger partial charge in [-0.15, -0.1) is 0 Å². The fraction of sp³-hybridized carbons (Fsp3) is 0.579. The Morgan fingerprint density at radius 1 is 1.00 bits per heavy atom. The van der Waals surface area contributed by atoms with Crippen LogP contribution in [0.15, 0.2) is 12.1 Å². The highest BCUT2D eigenvalue weighted by Gasteiger charge is 2.21. The first-order chi connectivity index (χ1) is 11.5. The zero-order valence-corrected chi connectivity index (χ0v) is 15.2. The molecule has 0 aromatic heterocycles. The van der Waals surface area contributed by atoms with Crippen LogP contribution in [0.4, 0.5) is 0 Å². The monoisotopic (exact) mass is 332 g/mol. The van der Waals surface area contributed by atoms with E-state index in [1.165, 1.54) is 0 Å². The van der Waals surface area contributed by atoms with Crippen molar-refractivity contribution in [3.63, 3.8) is 0 Å². The standard InChI is InChI=1S/C19H28N2O3/c1-5-18(22)20-7-6-8-21(10-9-20)19(23)13-16-11-15(3)17(24-4)12-14(16)2/h11-12H,5-10,13H2,1-4H3. The van der Waals surface area contributed by atoms with E-state index in [1.54, 1.807) is 7.11 Å². The summed E-state index contributed by atoms with van der Waals surface area (Å²) in [5.41, 5.74) is 3.16. The van der Waals surface area contributed by atoms with Crippen molar-refractivity contribution in [1.29, 1.82) is 0 Å². The van der Waals surface area contributed by atoms with Gasteiger partial charge in [-0.1, -0.05) is 13.0 Å². The summed E-state index contributed by atoms with van der Waals surface area (Å²) in [6.07, 6.45) is 1.77. The van der Waals surface area contributed by atoms with Gasteiger partial charge in [-0.2, -0.15) is 0 Å². The summed E-state index contributed by atoms with van der Waals surface area (Å²) in [6, 6.07) is 4.03. The minimum absolute atomic E-state index is 0.133. The van der Waals surface area contributed by atoms with Crippen LogP contribution in [0.5, 0.6) is 5.75 Å². The molecule has 5 nitrogen and oxygen atoms in total. The normalized spacial score (nSPS) is 15.2. The van der Waals surface area contributed by atoms with Crippen LogP contribution in [0, 0.1) is 13.8 Å². The molecule has 1 aromatic carbocycles. The van der Waals surface area contributed by atoms with Gasteiger partial charge in [-0.3, -0.25) is 9.59 Å². The lowest BCUT2D eigenvalue weighted by molar-refractivity contribution is -0.133. The molecule has 0 N–H and O–H groups in total. The first-order valence-corrected chi connectivity index (χ1v) is 8.66. The number of hydrogen-bond donors (Lipinski definition) is 0. The van der Waals surface area contributed by atoms with E-state index in [0.29, 0.717) is 25.9 Å². The van der Waals surface area contributed by atoms with Crippen molar-refractivity contribution in [1.82, 2.24) is 9.80 Å². The van der Waals surface area contributed by atoms with E-state index in [1.807, 2.05) is 42.7 Å². The average Bonchev–Trinajstić information content (AvgIpc) is 2.83. The van der Waals surface area contributed by atoms with Crippen LogP contribution < -0.4 is 4.74 Å². The number of nitrogens with zero attached hydrogens (tertiary/aromatic N) is 2. The summed E-state index contributed by atoms with van der Waals surface area (Å²) < 4.78 is 5.33. The SMILES string of the molecule is CCC(=O)N1CCCN(C(=O)Cc2cc(C)c(OC)cc2C)CC1. The molecule has 2 rings (SSSR count). The summed E-state index contributed by atoms with van der Waals surface area (Å²) in [5.74, 6) is 1.16. The van der Waals surface area contributed by atoms with Crippen molar-refractivity contribution >= 4 is 11.8 Å². The quantitative estimate of drug-likeness (QED) is 0.850. The molecule has 1 heterocycles. The van der Waals surface area contributed by atoms with Crippen molar-refractivity contribution < 1.29 is 14.3 Å². The summed E-state index contributed by atoms with van der Waals surface area (Å²) >= 11 is 0. The molecule has 0 bridgehead atoms. The number of amides is 2. The lowest BCUT2D eigenvalue weighted by Crippen LogP contribution is -2.37. The molecule has 0 unspecified atom stereocenters. The van der Waals surface area contributed by atoms with Crippen LogP contribution >= 0.6 is 0 Å². The first-order valence-electron chi connectivity index (χ1n) is 8.66. The number of carbonyl (C=O) groups is 2. The Balaban J connectivity index is 2.02. The third-order valence-electron chi connectivity index (χ3n) is 4.70. The highest BCUT2D eigenvalue weighted by Crippen LogP contribution is 2.23. The van der Waals surface area contributed by atoms with Crippen molar-refractivity contribution in [2.75, 3.05) is 33.3 Å². The molecule has 5 heteroatoms. The summed E-state index contributed by atoms with van der Waals surface area (Å²) in [4.78, 5) is 28.3. The second-order valence-corrected chi connectivity index (χ2v) is 6.39. The Hall–Kier alpha value is -2.04. The molecule has 0 spiro atoms. The number of methoxy groups -OCH3 is 1. The van der Waals surface area contributed by atoms with Crippen LogP contribution in [-0.4, -0.2) is 54.9 Å². The second-order valence-electron chi connectivity index (χ2n) is 6.39. The van der Waals surface area contributed by atoms with Crippen molar-refractivity contribution in [2.24, 2.45) is 0 Å². The smallest absolute Gasteiger partial charge is 0.227 e. The molecule has 1 saturated heterocycles. The number of aryl methyl sites for hydroxylation is 2. The van der Waals surface area contributed by atoms with E-state index < -0.39 is 0 Å². The van der Waals surface area contributed by atoms with Gasteiger partial charge >= 0.3 is 0 Å². The minimum atomic E-state index is 0.133. The second kappa shape index (κ2) is 8.18. The van der Waals surface area contributed by atoms with Crippen molar-refractivity contribution in [3.05, 3.63) is 28.8 Å². The minimum Gasteiger partial charge on any atom is -0.496 e. The van der Waals surface area contributed by atoms with Gasteiger partial charge in [-0.25, -0.2) is 0 Å². The Bertz CT molecular complexity index is 613. The molecular weight excluding hydrogens is 304 g/mol. The van der Waals surface area contributed by atoms with E-state index in [2.05, 4.69) is 0 Å². The fourth-order valence-corrected chi connectivity index (χ4v) is 3.17. The van der Waals surface area contributed by atoms with Crippen molar-refractivity contribution in [3.8, 4) is 5.75 Å².